The molecule has 0 saturated carbocycles. The van der Waals surface area contributed by atoms with E-state index >= 15 is 0 Å². The number of alkyl halides is 2. The van der Waals surface area contributed by atoms with E-state index in [4.69, 9.17) is 0 Å². The van der Waals surface area contributed by atoms with Crippen molar-refractivity contribution in [3.8, 4) is 0 Å². The average molecular weight is 202 g/mol. The molecule has 0 saturated heterocycles. The van der Waals surface area contributed by atoms with Gasteiger partial charge in [-0.15, -0.1) is 0 Å². The minimum absolute atomic E-state index is 0.539. The van der Waals surface area contributed by atoms with Crippen LogP contribution in [0.3, 0.4) is 0 Å². The molecule has 0 bridgehead atoms. The maximum atomic E-state index is 13.1. The second kappa shape index (κ2) is 3.82. The molecule has 0 fully saturated rings. The van der Waals surface area contributed by atoms with Gasteiger partial charge >= 0.3 is 6.43 Å². The standard InChI is InChI=1S/C10H9F3O/c1-5-3-7(9(14)10(12)13)8(11)4-6(5)2/h3-4,10H,1-2H3. The van der Waals surface area contributed by atoms with Gasteiger partial charge in [0.05, 0.1) is 5.56 Å². The molecular formula is C10H9F3O. The molecule has 0 unspecified atom stereocenters. The number of rotatable bonds is 2. The molecule has 1 aromatic rings. The predicted molar refractivity (Wildman–Crippen MR) is 46.2 cm³/mol. The Morgan fingerprint density at radius 2 is 1.71 bits per heavy atom. The van der Waals surface area contributed by atoms with E-state index in [1.807, 2.05) is 0 Å². The number of hydrogen-bond acceptors (Lipinski definition) is 1. The van der Waals surface area contributed by atoms with Crippen molar-refractivity contribution in [1.82, 2.24) is 0 Å². The number of carbonyl (C=O) groups is 1. The zero-order valence-corrected chi connectivity index (χ0v) is 7.77. The van der Waals surface area contributed by atoms with Crippen molar-refractivity contribution in [2.45, 2.75) is 20.3 Å². The van der Waals surface area contributed by atoms with Crippen LogP contribution < -0.4 is 0 Å². The van der Waals surface area contributed by atoms with E-state index in [1.165, 1.54) is 0 Å². The molecule has 76 valence electrons. The summed E-state index contributed by atoms with van der Waals surface area (Å²) in [5.74, 6) is -2.36. The summed E-state index contributed by atoms with van der Waals surface area (Å²) in [6.45, 7) is 3.28. The van der Waals surface area contributed by atoms with E-state index in [0.29, 0.717) is 11.1 Å². The van der Waals surface area contributed by atoms with Crippen LogP contribution in [0.5, 0.6) is 0 Å². The van der Waals surface area contributed by atoms with E-state index in [-0.39, 0.29) is 0 Å². The minimum Gasteiger partial charge on any atom is -0.288 e. The molecule has 14 heavy (non-hydrogen) atoms. The fourth-order valence-electron chi connectivity index (χ4n) is 1.09. The molecule has 0 aliphatic heterocycles. The Balaban J connectivity index is 3.22. The van der Waals surface area contributed by atoms with Gasteiger partial charge in [0, 0.05) is 0 Å². The van der Waals surface area contributed by atoms with Gasteiger partial charge in [-0.1, -0.05) is 0 Å². The summed E-state index contributed by atoms with van der Waals surface area (Å²) in [4.78, 5) is 10.8. The van der Waals surface area contributed by atoms with Crippen molar-refractivity contribution < 1.29 is 18.0 Å². The van der Waals surface area contributed by atoms with Gasteiger partial charge in [0.15, 0.2) is 0 Å². The highest BCUT2D eigenvalue weighted by Gasteiger charge is 2.21. The Morgan fingerprint density at radius 1 is 1.21 bits per heavy atom. The van der Waals surface area contributed by atoms with Crippen molar-refractivity contribution in [2.75, 3.05) is 0 Å². The minimum atomic E-state index is -3.16. The van der Waals surface area contributed by atoms with Gasteiger partial charge in [0.2, 0.25) is 5.78 Å². The average Bonchev–Trinajstić information content (AvgIpc) is 2.10. The summed E-state index contributed by atoms with van der Waals surface area (Å²) in [6.07, 6.45) is -3.16. The molecule has 0 radical (unpaired) electrons. The van der Waals surface area contributed by atoms with Crippen LogP contribution in [-0.2, 0) is 0 Å². The third kappa shape index (κ3) is 1.95. The second-order valence-corrected chi connectivity index (χ2v) is 3.08. The summed E-state index contributed by atoms with van der Waals surface area (Å²) >= 11 is 0. The summed E-state index contributed by atoms with van der Waals surface area (Å²) in [5, 5.41) is 0. The van der Waals surface area contributed by atoms with Gasteiger partial charge in [-0.25, -0.2) is 13.2 Å². The quantitative estimate of drug-likeness (QED) is 0.674. The maximum absolute atomic E-state index is 13.1. The van der Waals surface area contributed by atoms with Crippen LogP contribution in [0.15, 0.2) is 12.1 Å². The Hall–Kier alpha value is -1.32. The first kappa shape index (κ1) is 10.8. The fourth-order valence-corrected chi connectivity index (χ4v) is 1.09. The topological polar surface area (TPSA) is 17.1 Å². The smallest absolute Gasteiger partial charge is 0.288 e. The van der Waals surface area contributed by atoms with Crippen LogP contribution in [0.4, 0.5) is 13.2 Å². The summed E-state index contributed by atoms with van der Waals surface area (Å²) < 4.78 is 37.1. The lowest BCUT2D eigenvalue weighted by atomic mass is 10.0. The Labute approximate surface area is 79.5 Å². The number of carbonyl (C=O) groups excluding carboxylic acids is 1. The first-order valence-corrected chi connectivity index (χ1v) is 4.02. The van der Waals surface area contributed by atoms with Crippen molar-refractivity contribution in [3.63, 3.8) is 0 Å². The highest BCUT2D eigenvalue weighted by atomic mass is 19.3. The highest BCUT2D eigenvalue weighted by molar-refractivity contribution is 5.98. The SMILES string of the molecule is Cc1cc(F)c(C(=O)C(F)F)cc1C. The van der Waals surface area contributed by atoms with Crippen molar-refractivity contribution in [2.24, 2.45) is 0 Å². The highest BCUT2D eigenvalue weighted by Crippen LogP contribution is 2.17. The van der Waals surface area contributed by atoms with Crippen molar-refractivity contribution >= 4 is 5.78 Å². The van der Waals surface area contributed by atoms with Crippen LogP contribution in [0.1, 0.15) is 21.5 Å². The Morgan fingerprint density at radius 3 is 2.21 bits per heavy atom. The summed E-state index contributed by atoms with van der Waals surface area (Å²) in [7, 11) is 0. The first-order chi connectivity index (χ1) is 6.43. The molecule has 0 N–H and O–H groups in total. The Bertz CT molecular complexity index is 372. The third-order valence-electron chi connectivity index (χ3n) is 2.05. The molecular weight excluding hydrogens is 193 g/mol. The predicted octanol–water partition coefficient (Wildman–Crippen LogP) is 2.89. The zero-order chi connectivity index (χ0) is 10.9. The van der Waals surface area contributed by atoms with Crippen molar-refractivity contribution in [1.29, 1.82) is 0 Å². The maximum Gasteiger partial charge on any atom is 0.300 e. The Kier molecular flexibility index (Phi) is 2.93. The van der Waals surface area contributed by atoms with Crippen LogP contribution in [0.25, 0.3) is 0 Å². The molecule has 1 rings (SSSR count). The molecule has 1 nitrogen and oxygen atoms in total. The molecule has 0 aliphatic carbocycles. The molecule has 1 aromatic carbocycles. The van der Waals surface area contributed by atoms with E-state index in [2.05, 4.69) is 0 Å². The lowest BCUT2D eigenvalue weighted by Crippen LogP contribution is -2.12. The summed E-state index contributed by atoms with van der Waals surface area (Å²) in [5.41, 5.74) is 0.715. The molecule has 4 heteroatoms. The number of ketones is 1. The van der Waals surface area contributed by atoms with Gasteiger partial charge in [0.25, 0.3) is 0 Å². The van der Waals surface area contributed by atoms with Gasteiger partial charge in [0.1, 0.15) is 5.82 Å². The number of halogens is 3. The lowest BCUT2D eigenvalue weighted by Gasteiger charge is -2.05. The van der Waals surface area contributed by atoms with Crippen LogP contribution >= 0.6 is 0 Å². The monoisotopic (exact) mass is 202 g/mol. The normalized spacial score (nSPS) is 10.7. The molecule has 0 amide bonds. The number of hydrogen-bond donors (Lipinski definition) is 0. The number of Topliss-reactive ketones (excluding diaryl/α,β-unsaturated/α-hetero) is 1. The zero-order valence-electron chi connectivity index (χ0n) is 7.77. The summed E-state index contributed by atoms with van der Waals surface area (Å²) in [6, 6.07) is 2.24. The second-order valence-electron chi connectivity index (χ2n) is 3.08. The molecule has 0 atom stereocenters. The number of aryl methyl sites for hydroxylation is 2. The van der Waals surface area contributed by atoms with Crippen LogP contribution in [0, 0.1) is 19.7 Å². The number of benzene rings is 1. The van der Waals surface area contributed by atoms with E-state index in [0.717, 1.165) is 12.1 Å². The molecule has 0 spiro atoms. The molecule has 0 heterocycles. The van der Waals surface area contributed by atoms with Gasteiger partial charge in [-0.2, -0.15) is 0 Å². The van der Waals surface area contributed by atoms with E-state index < -0.39 is 23.6 Å². The van der Waals surface area contributed by atoms with Crippen molar-refractivity contribution in [3.05, 3.63) is 34.6 Å². The van der Waals surface area contributed by atoms with Crippen LogP contribution in [-0.4, -0.2) is 12.2 Å². The lowest BCUT2D eigenvalue weighted by molar-refractivity contribution is 0.0674. The first-order valence-electron chi connectivity index (χ1n) is 4.02. The third-order valence-corrected chi connectivity index (χ3v) is 2.05. The van der Waals surface area contributed by atoms with Gasteiger partial charge < -0.3 is 0 Å². The van der Waals surface area contributed by atoms with Gasteiger partial charge in [-0.05, 0) is 37.1 Å². The largest absolute Gasteiger partial charge is 0.300 e. The fraction of sp³-hybridized carbons (Fsp3) is 0.300. The van der Waals surface area contributed by atoms with Gasteiger partial charge in [-0.3, -0.25) is 4.79 Å². The molecule has 0 aromatic heterocycles. The van der Waals surface area contributed by atoms with Crippen LogP contribution in [0.2, 0.25) is 0 Å². The van der Waals surface area contributed by atoms with E-state index in [1.54, 1.807) is 13.8 Å². The van der Waals surface area contributed by atoms with E-state index in [9.17, 15) is 18.0 Å². The molecule has 0 aliphatic rings.